The first-order valence-corrected chi connectivity index (χ1v) is 6.87. The Morgan fingerprint density at radius 2 is 2.00 bits per heavy atom. The van der Waals surface area contributed by atoms with Gasteiger partial charge in [-0.3, -0.25) is 0 Å². The van der Waals surface area contributed by atoms with Gasteiger partial charge in [-0.25, -0.2) is 12.8 Å². The number of halogens is 1. The quantitative estimate of drug-likeness (QED) is 0.825. The molecule has 1 aromatic carbocycles. The highest BCUT2D eigenvalue weighted by Crippen LogP contribution is 2.19. The summed E-state index contributed by atoms with van der Waals surface area (Å²) in [6.07, 6.45) is 0. The zero-order valence-corrected chi connectivity index (χ0v) is 10.2. The van der Waals surface area contributed by atoms with Crippen LogP contribution in [0.15, 0.2) is 18.2 Å². The molecule has 0 aliphatic rings. The maximum absolute atomic E-state index is 13.4. The van der Waals surface area contributed by atoms with E-state index in [-0.39, 0.29) is 28.7 Å². The van der Waals surface area contributed by atoms with Crippen LogP contribution in [0.1, 0.15) is 19.4 Å². The van der Waals surface area contributed by atoms with Crippen LogP contribution in [0, 0.1) is 11.7 Å². The van der Waals surface area contributed by atoms with Crippen LogP contribution in [0.4, 0.5) is 10.1 Å². The smallest absolute Gasteiger partial charge is 0.154 e. The van der Waals surface area contributed by atoms with E-state index in [2.05, 4.69) is 0 Å². The highest BCUT2D eigenvalue weighted by Gasteiger charge is 2.18. The molecule has 0 heterocycles. The van der Waals surface area contributed by atoms with Gasteiger partial charge in [0, 0.05) is 11.3 Å². The molecule has 0 fully saturated rings. The van der Waals surface area contributed by atoms with Crippen molar-refractivity contribution in [3.05, 3.63) is 29.6 Å². The summed E-state index contributed by atoms with van der Waals surface area (Å²) in [5, 5.41) is 0. The zero-order chi connectivity index (χ0) is 12.3. The average Bonchev–Trinajstić information content (AvgIpc) is 2.09. The van der Waals surface area contributed by atoms with Gasteiger partial charge in [0.25, 0.3) is 0 Å². The van der Waals surface area contributed by atoms with Crippen LogP contribution in [0.25, 0.3) is 0 Å². The Balaban J connectivity index is 2.97. The predicted molar refractivity (Wildman–Crippen MR) is 63.1 cm³/mol. The summed E-state index contributed by atoms with van der Waals surface area (Å²) < 4.78 is 36.8. The first-order chi connectivity index (χ1) is 7.32. The normalized spacial score (nSPS) is 12.0. The van der Waals surface area contributed by atoms with Crippen molar-refractivity contribution in [3.8, 4) is 0 Å². The van der Waals surface area contributed by atoms with E-state index >= 15 is 0 Å². The zero-order valence-electron chi connectivity index (χ0n) is 9.40. The van der Waals surface area contributed by atoms with Crippen LogP contribution < -0.4 is 5.73 Å². The monoisotopic (exact) mass is 245 g/mol. The molecule has 0 saturated heterocycles. The standard InChI is InChI=1S/C11H16FNO2S/c1-8(2)6-16(14,15)7-9-10(12)4-3-5-11(9)13/h3-5,8H,6-7,13H2,1-2H3. The summed E-state index contributed by atoms with van der Waals surface area (Å²) in [5.74, 6) is -0.824. The molecule has 0 aromatic heterocycles. The van der Waals surface area contributed by atoms with E-state index in [0.29, 0.717) is 0 Å². The SMILES string of the molecule is CC(C)CS(=O)(=O)Cc1c(N)cccc1F. The number of hydrogen-bond donors (Lipinski definition) is 1. The van der Waals surface area contributed by atoms with Gasteiger partial charge in [0.15, 0.2) is 9.84 Å². The molecule has 0 saturated carbocycles. The first kappa shape index (κ1) is 13.0. The Bertz CT molecular complexity index is 449. The van der Waals surface area contributed by atoms with Gasteiger partial charge < -0.3 is 5.73 Å². The van der Waals surface area contributed by atoms with Crippen LogP contribution in [0.5, 0.6) is 0 Å². The summed E-state index contributed by atoms with van der Waals surface area (Å²) in [5.41, 5.74) is 5.81. The molecule has 1 rings (SSSR count). The maximum atomic E-state index is 13.4. The first-order valence-electron chi connectivity index (χ1n) is 5.05. The maximum Gasteiger partial charge on any atom is 0.154 e. The van der Waals surface area contributed by atoms with Crippen molar-refractivity contribution in [3.63, 3.8) is 0 Å². The number of sulfone groups is 1. The van der Waals surface area contributed by atoms with E-state index in [1.165, 1.54) is 18.2 Å². The molecule has 0 unspecified atom stereocenters. The lowest BCUT2D eigenvalue weighted by Gasteiger charge is -2.09. The fourth-order valence-corrected chi connectivity index (χ4v) is 3.39. The minimum absolute atomic E-state index is 0.0259. The summed E-state index contributed by atoms with van der Waals surface area (Å²) in [4.78, 5) is 0. The lowest BCUT2D eigenvalue weighted by Crippen LogP contribution is -2.15. The Morgan fingerprint density at radius 1 is 1.38 bits per heavy atom. The van der Waals surface area contributed by atoms with Gasteiger partial charge in [0.05, 0.1) is 11.5 Å². The Morgan fingerprint density at radius 3 is 2.50 bits per heavy atom. The third-order valence-electron chi connectivity index (χ3n) is 2.11. The number of benzene rings is 1. The van der Waals surface area contributed by atoms with E-state index in [9.17, 15) is 12.8 Å². The molecule has 90 valence electrons. The lowest BCUT2D eigenvalue weighted by atomic mass is 10.2. The second-order valence-corrected chi connectivity index (χ2v) is 6.37. The third-order valence-corrected chi connectivity index (χ3v) is 4.01. The van der Waals surface area contributed by atoms with Crippen molar-refractivity contribution in [1.29, 1.82) is 0 Å². The van der Waals surface area contributed by atoms with Gasteiger partial charge in [0.2, 0.25) is 0 Å². The van der Waals surface area contributed by atoms with E-state index in [0.717, 1.165) is 0 Å². The third kappa shape index (κ3) is 3.48. The van der Waals surface area contributed by atoms with Crippen molar-refractivity contribution < 1.29 is 12.8 Å². The van der Waals surface area contributed by atoms with Gasteiger partial charge in [-0.1, -0.05) is 19.9 Å². The van der Waals surface area contributed by atoms with Crippen LogP contribution >= 0.6 is 0 Å². The molecule has 5 heteroatoms. The van der Waals surface area contributed by atoms with E-state index < -0.39 is 15.7 Å². The molecule has 0 bridgehead atoms. The molecule has 0 aliphatic heterocycles. The second kappa shape index (κ2) is 4.82. The molecule has 0 spiro atoms. The largest absolute Gasteiger partial charge is 0.398 e. The average molecular weight is 245 g/mol. The van der Waals surface area contributed by atoms with Crippen molar-refractivity contribution in [2.75, 3.05) is 11.5 Å². The van der Waals surface area contributed by atoms with Gasteiger partial charge in [-0.15, -0.1) is 0 Å². The number of nitrogens with two attached hydrogens (primary N) is 1. The molecule has 0 radical (unpaired) electrons. The van der Waals surface area contributed by atoms with Crippen molar-refractivity contribution in [2.24, 2.45) is 5.92 Å². The fourth-order valence-electron chi connectivity index (χ4n) is 1.51. The highest BCUT2D eigenvalue weighted by atomic mass is 32.2. The fraction of sp³-hybridized carbons (Fsp3) is 0.455. The number of hydrogen-bond acceptors (Lipinski definition) is 3. The van der Waals surface area contributed by atoms with E-state index in [1.807, 2.05) is 13.8 Å². The lowest BCUT2D eigenvalue weighted by molar-refractivity contribution is 0.576. The summed E-state index contributed by atoms with van der Waals surface area (Å²) in [6, 6.07) is 4.18. The predicted octanol–water partition coefficient (Wildman–Crippen LogP) is 1.98. The molecule has 0 atom stereocenters. The van der Waals surface area contributed by atoms with Crippen LogP contribution in [0.2, 0.25) is 0 Å². The molecule has 16 heavy (non-hydrogen) atoms. The minimum Gasteiger partial charge on any atom is -0.398 e. The molecular formula is C11H16FNO2S. The molecule has 0 aliphatic carbocycles. The molecule has 3 nitrogen and oxygen atoms in total. The second-order valence-electron chi connectivity index (χ2n) is 4.26. The Hall–Kier alpha value is -1.10. The highest BCUT2D eigenvalue weighted by molar-refractivity contribution is 7.90. The summed E-state index contributed by atoms with van der Waals surface area (Å²) in [6.45, 7) is 3.62. The Labute approximate surface area is 95.4 Å². The van der Waals surface area contributed by atoms with Crippen molar-refractivity contribution in [2.45, 2.75) is 19.6 Å². The van der Waals surface area contributed by atoms with E-state index in [1.54, 1.807) is 0 Å². The molecule has 0 amide bonds. The summed E-state index contributed by atoms with van der Waals surface area (Å²) in [7, 11) is -3.30. The minimum atomic E-state index is -3.30. The van der Waals surface area contributed by atoms with E-state index in [4.69, 9.17) is 5.73 Å². The van der Waals surface area contributed by atoms with Gasteiger partial charge >= 0.3 is 0 Å². The molecule has 2 N–H and O–H groups in total. The number of anilines is 1. The molecular weight excluding hydrogens is 229 g/mol. The number of nitrogen functional groups attached to an aromatic ring is 1. The summed E-state index contributed by atoms with van der Waals surface area (Å²) >= 11 is 0. The van der Waals surface area contributed by atoms with Crippen molar-refractivity contribution in [1.82, 2.24) is 0 Å². The topological polar surface area (TPSA) is 60.2 Å². The van der Waals surface area contributed by atoms with Crippen LogP contribution in [-0.2, 0) is 15.6 Å². The van der Waals surface area contributed by atoms with Crippen molar-refractivity contribution >= 4 is 15.5 Å². The molecule has 1 aromatic rings. The van der Waals surface area contributed by atoms with Gasteiger partial charge in [-0.05, 0) is 18.1 Å². The van der Waals surface area contributed by atoms with Gasteiger partial charge in [0.1, 0.15) is 5.82 Å². The Kier molecular flexibility index (Phi) is 3.91. The number of rotatable bonds is 4. The van der Waals surface area contributed by atoms with Crippen LogP contribution in [0.3, 0.4) is 0 Å². The van der Waals surface area contributed by atoms with Crippen LogP contribution in [-0.4, -0.2) is 14.2 Å². The van der Waals surface area contributed by atoms with Gasteiger partial charge in [-0.2, -0.15) is 0 Å².